The van der Waals surface area contributed by atoms with E-state index in [0.29, 0.717) is 12.1 Å². The highest BCUT2D eigenvalue weighted by Crippen LogP contribution is 2.66. The SMILES string of the molecule is CN(C)P1(=O)N2CCC[C@@H]2[C@H]2CCCN21. The summed E-state index contributed by atoms with van der Waals surface area (Å²) >= 11 is 0. The van der Waals surface area contributed by atoms with Gasteiger partial charge in [0.15, 0.2) is 0 Å². The van der Waals surface area contributed by atoms with E-state index in [1.165, 1.54) is 25.7 Å². The smallest absolute Gasteiger partial charge is 0.270 e. The van der Waals surface area contributed by atoms with Gasteiger partial charge in [0.2, 0.25) is 0 Å². The molecule has 5 heteroatoms. The zero-order valence-electron chi connectivity index (χ0n) is 9.59. The topological polar surface area (TPSA) is 26.8 Å². The molecule has 3 aliphatic rings. The van der Waals surface area contributed by atoms with Gasteiger partial charge in [0.25, 0.3) is 7.59 Å². The van der Waals surface area contributed by atoms with Crippen LogP contribution in [0.2, 0.25) is 0 Å². The minimum absolute atomic E-state index is 0.584. The molecule has 3 rings (SSSR count). The third kappa shape index (κ3) is 1.17. The molecule has 86 valence electrons. The molecule has 0 spiro atoms. The predicted octanol–water partition coefficient (Wildman–Crippen LogP) is 1.60. The van der Waals surface area contributed by atoms with Crippen LogP contribution < -0.4 is 0 Å². The Balaban J connectivity index is 2.02. The van der Waals surface area contributed by atoms with Crippen LogP contribution in [0, 0.1) is 0 Å². The first kappa shape index (κ1) is 10.3. The fourth-order valence-corrected chi connectivity index (χ4v) is 6.92. The summed E-state index contributed by atoms with van der Waals surface area (Å²) < 4.78 is 19.7. The quantitative estimate of drug-likeness (QED) is 0.638. The van der Waals surface area contributed by atoms with Crippen LogP contribution in [-0.2, 0) is 4.57 Å². The van der Waals surface area contributed by atoms with E-state index in [2.05, 4.69) is 9.34 Å². The van der Waals surface area contributed by atoms with Gasteiger partial charge in [-0.05, 0) is 39.8 Å². The average Bonchev–Trinajstić information content (AvgIpc) is 2.85. The number of hydrogen-bond donors (Lipinski definition) is 0. The van der Waals surface area contributed by atoms with Gasteiger partial charge in [0.05, 0.1) is 0 Å². The summed E-state index contributed by atoms with van der Waals surface area (Å²) in [5.41, 5.74) is 0. The Morgan fingerprint density at radius 2 is 1.53 bits per heavy atom. The molecule has 0 N–H and O–H groups in total. The summed E-state index contributed by atoms with van der Waals surface area (Å²) in [5.74, 6) is 0. The minimum Gasteiger partial charge on any atom is -0.270 e. The summed E-state index contributed by atoms with van der Waals surface area (Å²) in [5, 5.41) is 0. The summed E-state index contributed by atoms with van der Waals surface area (Å²) in [6.45, 7) is 2.07. The molecule has 0 bridgehead atoms. The number of fused-ring (bicyclic) bond motifs is 3. The van der Waals surface area contributed by atoms with Crippen LogP contribution in [0.4, 0.5) is 0 Å². The predicted molar refractivity (Wildman–Crippen MR) is 60.7 cm³/mol. The van der Waals surface area contributed by atoms with Gasteiger partial charge in [-0.25, -0.2) is 14.0 Å². The molecule has 0 aromatic carbocycles. The summed E-state index contributed by atoms with van der Waals surface area (Å²) in [7, 11) is 1.59. The highest BCUT2D eigenvalue weighted by atomic mass is 31.2. The maximum Gasteiger partial charge on any atom is 0.286 e. The highest BCUT2D eigenvalue weighted by Gasteiger charge is 2.58. The van der Waals surface area contributed by atoms with Crippen molar-refractivity contribution in [3.63, 3.8) is 0 Å². The van der Waals surface area contributed by atoms with E-state index >= 15 is 0 Å². The first-order valence-electron chi connectivity index (χ1n) is 5.98. The standard InChI is InChI=1S/C10H20N3OP/c1-11(2)15(14)12-7-3-5-9(12)10-6-4-8-13(10)15/h9-10H,3-8H2,1-2H3/t9-,10-/m1/s1. The van der Waals surface area contributed by atoms with Gasteiger partial charge < -0.3 is 0 Å². The van der Waals surface area contributed by atoms with Crippen molar-refractivity contribution in [1.82, 2.24) is 14.0 Å². The summed E-state index contributed by atoms with van der Waals surface area (Å²) in [6, 6.07) is 1.17. The third-order valence-electron chi connectivity index (χ3n) is 4.17. The molecule has 0 saturated carbocycles. The van der Waals surface area contributed by atoms with Crippen LogP contribution in [0.25, 0.3) is 0 Å². The molecule has 0 aromatic heterocycles. The molecule has 3 fully saturated rings. The van der Waals surface area contributed by atoms with Crippen molar-refractivity contribution < 1.29 is 4.57 Å². The van der Waals surface area contributed by atoms with E-state index in [4.69, 9.17) is 0 Å². The number of hydrogen-bond acceptors (Lipinski definition) is 1. The van der Waals surface area contributed by atoms with Crippen molar-refractivity contribution in [3.8, 4) is 0 Å². The van der Waals surface area contributed by atoms with Gasteiger partial charge in [-0.3, -0.25) is 4.57 Å². The maximum absolute atomic E-state index is 13.1. The van der Waals surface area contributed by atoms with Crippen molar-refractivity contribution in [2.45, 2.75) is 37.8 Å². The first-order valence-corrected chi connectivity index (χ1v) is 7.54. The molecular weight excluding hydrogens is 209 g/mol. The monoisotopic (exact) mass is 229 g/mol. The fourth-order valence-electron chi connectivity index (χ4n) is 3.59. The van der Waals surface area contributed by atoms with Crippen LogP contribution >= 0.6 is 7.59 Å². The lowest BCUT2D eigenvalue weighted by atomic mass is 10.1. The second-order valence-electron chi connectivity index (χ2n) is 5.11. The van der Waals surface area contributed by atoms with Gasteiger partial charge in [0, 0.05) is 25.2 Å². The molecule has 0 amide bonds. The molecule has 3 heterocycles. The Morgan fingerprint density at radius 3 is 1.93 bits per heavy atom. The summed E-state index contributed by atoms with van der Waals surface area (Å²) in [4.78, 5) is 0. The van der Waals surface area contributed by atoms with Crippen molar-refractivity contribution in [3.05, 3.63) is 0 Å². The molecule has 0 unspecified atom stereocenters. The molecule has 0 radical (unpaired) electrons. The van der Waals surface area contributed by atoms with Crippen molar-refractivity contribution in [2.24, 2.45) is 0 Å². The van der Waals surface area contributed by atoms with Crippen LogP contribution in [-0.4, -0.2) is 53.3 Å². The highest BCUT2D eigenvalue weighted by molar-refractivity contribution is 7.56. The maximum atomic E-state index is 13.1. The number of nitrogens with zero attached hydrogens (tertiary/aromatic N) is 3. The zero-order valence-corrected chi connectivity index (χ0v) is 10.5. The van der Waals surface area contributed by atoms with Crippen molar-refractivity contribution in [2.75, 3.05) is 27.2 Å². The first-order chi connectivity index (χ1) is 7.15. The van der Waals surface area contributed by atoms with Crippen LogP contribution in [0.15, 0.2) is 0 Å². The second kappa shape index (κ2) is 3.30. The molecular formula is C10H20N3OP. The Kier molecular flexibility index (Phi) is 2.26. The van der Waals surface area contributed by atoms with Crippen LogP contribution in [0.5, 0.6) is 0 Å². The molecule has 2 atom stereocenters. The largest absolute Gasteiger partial charge is 0.286 e. The van der Waals surface area contributed by atoms with Crippen LogP contribution in [0.1, 0.15) is 25.7 Å². The lowest BCUT2D eigenvalue weighted by molar-refractivity contribution is 0.341. The third-order valence-corrected chi connectivity index (χ3v) is 7.55. The lowest BCUT2D eigenvalue weighted by Gasteiger charge is -2.33. The molecule has 3 saturated heterocycles. The van der Waals surface area contributed by atoms with Crippen molar-refractivity contribution in [1.29, 1.82) is 0 Å². The van der Waals surface area contributed by atoms with E-state index in [0.717, 1.165) is 13.1 Å². The Morgan fingerprint density at radius 1 is 1.07 bits per heavy atom. The molecule has 4 nitrogen and oxygen atoms in total. The fraction of sp³-hybridized carbons (Fsp3) is 1.00. The Hall–Kier alpha value is 0.110. The van der Waals surface area contributed by atoms with Gasteiger partial charge in [-0.1, -0.05) is 0 Å². The van der Waals surface area contributed by atoms with Gasteiger partial charge in [-0.2, -0.15) is 0 Å². The Labute approximate surface area is 91.7 Å². The number of rotatable bonds is 1. The normalized spacial score (nSPS) is 39.9. The van der Waals surface area contributed by atoms with Crippen LogP contribution in [0.3, 0.4) is 0 Å². The molecule has 0 aliphatic carbocycles. The molecule has 3 aliphatic heterocycles. The minimum atomic E-state index is -2.35. The lowest BCUT2D eigenvalue weighted by Crippen LogP contribution is -2.29. The van der Waals surface area contributed by atoms with Gasteiger partial charge in [-0.15, -0.1) is 0 Å². The van der Waals surface area contributed by atoms with E-state index in [1.54, 1.807) is 0 Å². The van der Waals surface area contributed by atoms with E-state index in [9.17, 15) is 4.57 Å². The van der Waals surface area contributed by atoms with Crippen molar-refractivity contribution >= 4 is 7.59 Å². The van der Waals surface area contributed by atoms with E-state index < -0.39 is 7.59 Å². The van der Waals surface area contributed by atoms with E-state index in [-0.39, 0.29) is 0 Å². The van der Waals surface area contributed by atoms with Gasteiger partial charge in [0.1, 0.15) is 0 Å². The summed E-state index contributed by atoms with van der Waals surface area (Å²) in [6.07, 6.45) is 4.96. The van der Waals surface area contributed by atoms with E-state index in [1.807, 2.05) is 18.8 Å². The molecule has 0 aromatic rings. The Bertz CT molecular complexity index is 296. The average molecular weight is 229 g/mol. The molecule has 15 heavy (non-hydrogen) atoms. The second-order valence-corrected chi connectivity index (χ2v) is 7.96. The van der Waals surface area contributed by atoms with Gasteiger partial charge >= 0.3 is 0 Å². The zero-order chi connectivity index (χ0) is 10.6.